The molecule has 0 aliphatic heterocycles. The van der Waals surface area contributed by atoms with E-state index in [0.29, 0.717) is 6.04 Å². The van der Waals surface area contributed by atoms with Gasteiger partial charge in [0.05, 0.1) is 6.54 Å². The summed E-state index contributed by atoms with van der Waals surface area (Å²) in [7, 11) is 0. The van der Waals surface area contributed by atoms with Gasteiger partial charge in [-0.05, 0) is 30.9 Å². The van der Waals surface area contributed by atoms with Crippen molar-refractivity contribution >= 4 is 0 Å². The summed E-state index contributed by atoms with van der Waals surface area (Å²) in [6.45, 7) is 8.42. The van der Waals surface area contributed by atoms with Crippen molar-refractivity contribution in [3.8, 4) is 0 Å². The Morgan fingerprint density at radius 3 is 2.60 bits per heavy atom. The minimum Gasteiger partial charge on any atom is -0.334 e. The van der Waals surface area contributed by atoms with Crippen LogP contribution in [0.4, 0.5) is 0 Å². The second-order valence-electron chi connectivity index (χ2n) is 5.23. The molecule has 2 aromatic rings. The smallest absolute Gasteiger partial charge is 0.122 e. The van der Waals surface area contributed by atoms with Crippen LogP contribution < -0.4 is 5.32 Å². The third-order valence-electron chi connectivity index (χ3n) is 3.72. The van der Waals surface area contributed by atoms with Crippen molar-refractivity contribution in [2.24, 2.45) is 0 Å². The van der Waals surface area contributed by atoms with E-state index in [4.69, 9.17) is 0 Å². The number of hydrogen-bond donors (Lipinski definition) is 1. The Hall–Kier alpha value is -1.61. The van der Waals surface area contributed by atoms with Crippen LogP contribution in [0.5, 0.6) is 0 Å². The van der Waals surface area contributed by atoms with Crippen molar-refractivity contribution in [1.29, 1.82) is 0 Å². The zero-order valence-corrected chi connectivity index (χ0v) is 12.8. The summed E-state index contributed by atoms with van der Waals surface area (Å²) in [4.78, 5) is 4.43. The third-order valence-corrected chi connectivity index (χ3v) is 3.72. The molecule has 0 aliphatic rings. The predicted molar refractivity (Wildman–Crippen MR) is 83.6 cm³/mol. The first kappa shape index (κ1) is 14.8. The largest absolute Gasteiger partial charge is 0.334 e. The first-order valence-electron chi connectivity index (χ1n) is 7.56. The van der Waals surface area contributed by atoms with E-state index in [9.17, 15) is 0 Å². The lowest BCUT2D eigenvalue weighted by atomic mass is 10.1. The quantitative estimate of drug-likeness (QED) is 0.832. The molecule has 0 fully saturated rings. The van der Waals surface area contributed by atoms with Gasteiger partial charge in [-0.25, -0.2) is 4.98 Å². The van der Waals surface area contributed by atoms with E-state index in [1.54, 1.807) is 0 Å². The molecule has 0 bridgehead atoms. The average Bonchev–Trinajstić information content (AvgIpc) is 2.92. The monoisotopic (exact) mass is 271 g/mol. The lowest BCUT2D eigenvalue weighted by Gasteiger charge is -2.15. The summed E-state index contributed by atoms with van der Waals surface area (Å²) < 4.78 is 2.22. The molecule has 1 aromatic heterocycles. The minimum atomic E-state index is 0.340. The summed E-state index contributed by atoms with van der Waals surface area (Å²) in [5, 5.41) is 3.55. The maximum absolute atomic E-state index is 4.43. The van der Waals surface area contributed by atoms with Crippen LogP contribution in [0.3, 0.4) is 0 Å². The highest BCUT2D eigenvalue weighted by Gasteiger charge is 2.07. The zero-order valence-electron chi connectivity index (χ0n) is 12.8. The van der Waals surface area contributed by atoms with Crippen LogP contribution >= 0.6 is 0 Å². The van der Waals surface area contributed by atoms with Crippen molar-refractivity contribution in [2.75, 3.05) is 0 Å². The van der Waals surface area contributed by atoms with Crippen LogP contribution in [-0.2, 0) is 19.5 Å². The molecule has 0 aliphatic carbocycles. The van der Waals surface area contributed by atoms with Gasteiger partial charge >= 0.3 is 0 Å². The molecule has 2 rings (SSSR count). The van der Waals surface area contributed by atoms with Crippen LogP contribution in [0.1, 0.15) is 50.2 Å². The van der Waals surface area contributed by atoms with E-state index in [2.05, 4.69) is 66.1 Å². The standard InChI is InChI=1S/C17H25N3/c1-4-11-20-12-10-18-17(20)13-19-14(3)16-8-6-15(5-2)7-9-16/h6-10,12,14,19H,4-5,11,13H2,1-3H3. The van der Waals surface area contributed by atoms with Gasteiger partial charge in [0.2, 0.25) is 0 Å². The molecule has 108 valence electrons. The van der Waals surface area contributed by atoms with Gasteiger partial charge in [0.15, 0.2) is 0 Å². The van der Waals surface area contributed by atoms with Crippen LogP contribution in [0.2, 0.25) is 0 Å². The zero-order chi connectivity index (χ0) is 14.4. The number of imidazole rings is 1. The van der Waals surface area contributed by atoms with Gasteiger partial charge in [-0.2, -0.15) is 0 Å². The van der Waals surface area contributed by atoms with Crippen LogP contribution in [0.15, 0.2) is 36.7 Å². The fourth-order valence-corrected chi connectivity index (χ4v) is 2.36. The van der Waals surface area contributed by atoms with Gasteiger partial charge in [0, 0.05) is 25.0 Å². The average molecular weight is 271 g/mol. The lowest BCUT2D eigenvalue weighted by molar-refractivity contribution is 0.532. The van der Waals surface area contributed by atoms with E-state index in [-0.39, 0.29) is 0 Å². The van der Waals surface area contributed by atoms with E-state index in [1.165, 1.54) is 11.1 Å². The van der Waals surface area contributed by atoms with E-state index in [1.807, 2.05) is 6.20 Å². The summed E-state index contributed by atoms with van der Waals surface area (Å²) in [6, 6.07) is 9.20. The Balaban J connectivity index is 1.93. The molecular formula is C17H25N3. The second kappa shape index (κ2) is 7.25. The maximum atomic E-state index is 4.43. The molecule has 3 nitrogen and oxygen atoms in total. The van der Waals surface area contributed by atoms with Crippen molar-refractivity contribution in [2.45, 2.75) is 52.7 Å². The van der Waals surface area contributed by atoms with Crippen LogP contribution in [0, 0.1) is 0 Å². The normalized spacial score (nSPS) is 12.6. The highest BCUT2D eigenvalue weighted by Crippen LogP contribution is 2.14. The molecule has 1 N–H and O–H groups in total. The summed E-state index contributed by atoms with van der Waals surface area (Å²) in [6.07, 6.45) is 6.17. The highest BCUT2D eigenvalue weighted by atomic mass is 15.1. The molecule has 0 radical (unpaired) electrons. The molecule has 0 saturated carbocycles. The van der Waals surface area contributed by atoms with E-state index < -0.39 is 0 Å². The van der Waals surface area contributed by atoms with Crippen molar-refractivity contribution in [3.63, 3.8) is 0 Å². The van der Waals surface area contributed by atoms with Gasteiger partial charge in [0.1, 0.15) is 5.82 Å². The highest BCUT2D eigenvalue weighted by molar-refractivity contribution is 5.24. The van der Waals surface area contributed by atoms with Gasteiger partial charge < -0.3 is 9.88 Å². The number of nitrogens with one attached hydrogen (secondary N) is 1. The number of aryl methyl sites for hydroxylation is 2. The second-order valence-corrected chi connectivity index (χ2v) is 5.23. The molecule has 1 heterocycles. The molecule has 3 heteroatoms. The number of benzene rings is 1. The summed E-state index contributed by atoms with van der Waals surface area (Å²) in [5.74, 6) is 1.11. The number of rotatable bonds is 7. The maximum Gasteiger partial charge on any atom is 0.122 e. The van der Waals surface area contributed by atoms with E-state index in [0.717, 1.165) is 31.8 Å². The molecule has 0 amide bonds. The lowest BCUT2D eigenvalue weighted by Crippen LogP contribution is -2.20. The van der Waals surface area contributed by atoms with Gasteiger partial charge in [-0.15, -0.1) is 0 Å². The van der Waals surface area contributed by atoms with Crippen molar-refractivity contribution in [1.82, 2.24) is 14.9 Å². The van der Waals surface area contributed by atoms with Crippen molar-refractivity contribution in [3.05, 3.63) is 53.6 Å². The summed E-state index contributed by atoms with van der Waals surface area (Å²) in [5.41, 5.74) is 2.72. The third kappa shape index (κ3) is 3.70. The fourth-order valence-electron chi connectivity index (χ4n) is 2.36. The first-order valence-corrected chi connectivity index (χ1v) is 7.56. The van der Waals surface area contributed by atoms with Gasteiger partial charge in [0.25, 0.3) is 0 Å². The first-order chi connectivity index (χ1) is 9.74. The summed E-state index contributed by atoms with van der Waals surface area (Å²) >= 11 is 0. The Labute approximate surface area is 122 Å². The van der Waals surface area contributed by atoms with Crippen LogP contribution in [0.25, 0.3) is 0 Å². The van der Waals surface area contributed by atoms with Gasteiger partial charge in [-0.3, -0.25) is 0 Å². The van der Waals surface area contributed by atoms with E-state index >= 15 is 0 Å². The van der Waals surface area contributed by atoms with Crippen molar-refractivity contribution < 1.29 is 0 Å². The molecule has 0 spiro atoms. The Bertz CT molecular complexity index is 513. The molecule has 1 unspecified atom stereocenters. The SMILES string of the molecule is CCCn1ccnc1CNC(C)c1ccc(CC)cc1. The Morgan fingerprint density at radius 2 is 1.95 bits per heavy atom. The molecule has 0 saturated heterocycles. The van der Waals surface area contributed by atoms with Gasteiger partial charge in [-0.1, -0.05) is 38.1 Å². The topological polar surface area (TPSA) is 29.9 Å². The molecule has 1 atom stereocenters. The molecular weight excluding hydrogens is 246 g/mol. The Kier molecular flexibility index (Phi) is 5.36. The number of hydrogen-bond acceptors (Lipinski definition) is 2. The fraction of sp³-hybridized carbons (Fsp3) is 0.471. The minimum absolute atomic E-state index is 0.340. The Morgan fingerprint density at radius 1 is 1.20 bits per heavy atom. The number of nitrogens with zero attached hydrogens (tertiary/aromatic N) is 2. The predicted octanol–water partition coefficient (Wildman–Crippen LogP) is 3.71. The molecule has 1 aromatic carbocycles. The number of aromatic nitrogens is 2. The van der Waals surface area contributed by atoms with Crippen LogP contribution in [-0.4, -0.2) is 9.55 Å². The molecule has 20 heavy (non-hydrogen) atoms.